The Balaban J connectivity index is 1.96. The fourth-order valence-electron chi connectivity index (χ4n) is 2.31. The molecular formula is C11H13NS. The molecule has 1 aromatic rings. The van der Waals surface area contributed by atoms with Gasteiger partial charge in [0.25, 0.3) is 0 Å². The van der Waals surface area contributed by atoms with Gasteiger partial charge in [-0.3, -0.25) is 0 Å². The summed E-state index contributed by atoms with van der Waals surface area (Å²) in [5.74, 6) is 0. The molecular weight excluding hydrogens is 178 g/mol. The minimum absolute atomic E-state index is 0.365. The van der Waals surface area contributed by atoms with Crippen LogP contribution < -0.4 is 5.32 Å². The number of anilines is 1. The van der Waals surface area contributed by atoms with Gasteiger partial charge in [-0.15, -0.1) is 0 Å². The van der Waals surface area contributed by atoms with Crippen LogP contribution in [0.1, 0.15) is 25.7 Å². The number of hydrogen-bond donors (Lipinski definition) is 1. The molecule has 1 nitrogen and oxygen atoms in total. The molecule has 0 radical (unpaired) electrons. The smallest absolute Gasteiger partial charge is 0.0880 e. The quantitative estimate of drug-likeness (QED) is 0.674. The number of nitrogens with one attached hydrogen (secondary N) is 1. The summed E-state index contributed by atoms with van der Waals surface area (Å²) in [4.78, 5) is 1.80. The van der Waals surface area contributed by atoms with Gasteiger partial charge in [-0.1, -0.05) is 36.7 Å². The summed E-state index contributed by atoms with van der Waals surface area (Å²) in [5.41, 5.74) is 1.34. The van der Waals surface area contributed by atoms with E-state index in [2.05, 4.69) is 29.6 Å². The van der Waals surface area contributed by atoms with Crippen LogP contribution in [0, 0.1) is 0 Å². The van der Waals surface area contributed by atoms with Crippen molar-refractivity contribution >= 4 is 17.4 Å². The first-order chi connectivity index (χ1) is 6.38. The molecule has 0 atom stereocenters. The Kier molecular flexibility index (Phi) is 1.59. The first-order valence-corrected chi connectivity index (χ1v) is 5.76. The Morgan fingerprint density at radius 1 is 1.15 bits per heavy atom. The van der Waals surface area contributed by atoms with E-state index in [0.717, 1.165) is 0 Å². The summed E-state index contributed by atoms with van der Waals surface area (Å²) in [6, 6.07) is 8.65. The van der Waals surface area contributed by atoms with Gasteiger partial charge in [0.1, 0.15) is 0 Å². The second kappa shape index (κ2) is 2.68. The highest BCUT2D eigenvalue weighted by atomic mass is 32.2. The second-order valence-corrected chi connectivity index (χ2v) is 5.35. The van der Waals surface area contributed by atoms with E-state index in [0.29, 0.717) is 4.87 Å². The summed E-state index contributed by atoms with van der Waals surface area (Å²) >= 11 is 2.03. The Morgan fingerprint density at radius 3 is 2.69 bits per heavy atom. The fourth-order valence-corrected chi connectivity index (χ4v) is 3.76. The van der Waals surface area contributed by atoms with Crippen LogP contribution in [-0.4, -0.2) is 4.87 Å². The van der Waals surface area contributed by atoms with Crippen molar-refractivity contribution in [2.45, 2.75) is 35.4 Å². The maximum Gasteiger partial charge on any atom is 0.0880 e. The lowest BCUT2D eigenvalue weighted by Crippen LogP contribution is -2.26. The SMILES string of the molecule is c1ccc2c(c1)NC1(CCCC1)S2. The van der Waals surface area contributed by atoms with Crippen LogP contribution in [0.5, 0.6) is 0 Å². The van der Waals surface area contributed by atoms with Crippen LogP contribution in [0.3, 0.4) is 0 Å². The summed E-state index contributed by atoms with van der Waals surface area (Å²) in [6.45, 7) is 0. The van der Waals surface area contributed by atoms with E-state index in [-0.39, 0.29) is 0 Å². The zero-order valence-corrected chi connectivity index (χ0v) is 8.36. The van der Waals surface area contributed by atoms with Gasteiger partial charge in [0, 0.05) is 10.6 Å². The van der Waals surface area contributed by atoms with Gasteiger partial charge in [-0.2, -0.15) is 0 Å². The molecule has 1 heterocycles. The molecule has 0 saturated heterocycles. The van der Waals surface area contributed by atoms with E-state index in [1.54, 1.807) is 0 Å². The van der Waals surface area contributed by atoms with Gasteiger partial charge in [-0.05, 0) is 25.0 Å². The van der Waals surface area contributed by atoms with Crippen molar-refractivity contribution < 1.29 is 0 Å². The van der Waals surface area contributed by atoms with Crippen molar-refractivity contribution in [1.29, 1.82) is 0 Å². The van der Waals surface area contributed by atoms with Crippen molar-refractivity contribution in [3.8, 4) is 0 Å². The maximum absolute atomic E-state index is 3.67. The van der Waals surface area contributed by atoms with Gasteiger partial charge in [-0.25, -0.2) is 0 Å². The average molecular weight is 191 g/mol. The molecule has 2 heteroatoms. The fraction of sp³-hybridized carbons (Fsp3) is 0.455. The third-order valence-corrected chi connectivity index (χ3v) is 4.44. The molecule has 0 bridgehead atoms. The Labute approximate surface area is 82.9 Å². The lowest BCUT2D eigenvalue weighted by Gasteiger charge is -2.22. The molecule has 1 aliphatic heterocycles. The Morgan fingerprint density at radius 2 is 1.92 bits per heavy atom. The zero-order valence-electron chi connectivity index (χ0n) is 7.55. The molecule has 1 fully saturated rings. The van der Waals surface area contributed by atoms with Crippen LogP contribution >= 0.6 is 11.8 Å². The van der Waals surface area contributed by atoms with Crippen LogP contribution in [0.2, 0.25) is 0 Å². The standard InChI is InChI=1S/C11H13NS/c1-2-6-10-9(5-1)12-11(13-10)7-3-4-8-11/h1-2,5-6,12H,3-4,7-8H2. The first-order valence-electron chi connectivity index (χ1n) is 4.94. The number of hydrogen-bond acceptors (Lipinski definition) is 2. The number of benzene rings is 1. The topological polar surface area (TPSA) is 12.0 Å². The largest absolute Gasteiger partial charge is 0.369 e. The number of thioether (sulfide) groups is 1. The summed E-state index contributed by atoms with van der Waals surface area (Å²) in [5, 5.41) is 3.67. The van der Waals surface area contributed by atoms with Crippen LogP contribution in [-0.2, 0) is 0 Å². The molecule has 2 aliphatic rings. The van der Waals surface area contributed by atoms with Gasteiger partial charge < -0.3 is 5.32 Å². The number of para-hydroxylation sites is 1. The molecule has 0 amide bonds. The van der Waals surface area contributed by atoms with Gasteiger partial charge in [0.15, 0.2) is 0 Å². The maximum atomic E-state index is 3.67. The molecule has 1 saturated carbocycles. The van der Waals surface area contributed by atoms with Gasteiger partial charge >= 0.3 is 0 Å². The molecule has 0 unspecified atom stereocenters. The molecule has 68 valence electrons. The highest BCUT2D eigenvalue weighted by molar-refractivity contribution is 8.01. The summed E-state index contributed by atoms with van der Waals surface area (Å²) < 4.78 is 0. The van der Waals surface area contributed by atoms with E-state index in [1.807, 2.05) is 11.8 Å². The van der Waals surface area contributed by atoms with Gasteiger partial charge in [0.05, 0.1) is 4.87 Å². The molecule has 0 aromatic heterocycles. The van der Waals surface area contributed by atoms with Crippen molar-refractivity contribution in [2.75, 3.05) is 5.32 Å². The molecule has 1 N–H and O–H groups in total. The van der Waals surface area contributed by atoms with Crippen LogP contribution in [0.15, 0.2) is 29.2 Å². The highest BCUT2D eigenvalue weighted by Gasteiger charge is 2.39. The van der Waals surface area contributed by atoms with Crippen molar-refractivity contribution in [2.24, 2.45) is 0 Å². The lowest BCUT2D eigenvalue weighted by atomic mass is 10.2. The predicted octanol–water partition coefficient (Wildman–Crippen LogP) is 3.47. The number of fused-ring (bicyclic) bond motifs is 1. The summed E-state index contributed by atoms with van der Waals surface area (Å²) in [6.07, 6.45) is 5.42. The predicted molar refractivity (Wildman–Crippen MR) is 57.1 cm³/mol. The normalized spacial score (nSPS) is 23.1. The molecule has 1 aromatic carbocycles. The van der Waals surface area contributed by atoms with Crippen molar-refractivity contribution in [3.63, 3.8) is 0 Å². The van der Waals surface area contributed by atoms with Crippen LogP contribution in [0.4, 0.5) is 5.69 Å². The zero-order chi connectivity index (χ0) is 8.73. The molecule has 1 spiro atoms. The Bertz CT molecular complexity index is 302. The highest BCUT2D eigenvalue weighted by Crippen LogP contribution is 2.52. The van der Waals surface area contributed by atoms with E-state index in [4.69, 9.17) is 0 Å². The monoisotopic (exact) mass is 191 g/mol. The summed E-state index contributed by atoms with van der Waals surface area (Å²) in [7, 11) is 0. The molecule has 1 aliphatic carbocycles. The molecule has 3 rings (SSSR count). The van der Waals surface area contributed by atoms with Crippen LogP contribution in [0.25, 0.3) is 0 Å². The third-order valence-electron chi connectivity index (χ3n) is 2.97. The third kappa shape index (κ3) is 1.16. The van der Waals surface area contributed by atoms with Crippen molar-refractivity contribution in [3.05, 3.63) is 24.3 Å². The van der Waals surface area contributed by atoms with Gasteiger partial charge in [0.2, 0.25) is 0 Å². The Hall–Kier alpha value is -0.630. The minimum Gasteiger partial charge on any atom is -0.369 e. The lowest BCUT2D eigenvalue weighted by molar-refractivity contribution is 0.700. The minimum atomic E-state index is 0.365. The first kappa shape index (κ1) is 7.74. The average Bonchev–Trinajstić information content (AvgIpc) is 2.72. The molecule has 13 heavy (non-hydrogen) atoms. The van der Waals surface area contributed by atoms with Crippen molar-refractivity contribution in [1.82, 2.24) is 0 Å². The second-order valence-electron chi connectivity index (χ2n) is 3.92. The van der Waals surface area contributed by atoms with E-state index in [1.165, 1.54) is 36.3 Å². The van der Waals surface area contributed by atoms with E-state index < -0.39 is 0 Å². The van der Waals surface area contributed by atoms with E-state index in [9.17, 15) is 0 Å². The number of rotatable bonds is 0. The van der Waals surface area contributed by atoms with E-state index >= 15 is 0 Å².